The van der Waals surface area contributed by atoms with E-state index in [1.165, 1.54) is 29.2 Å². The number of carbonyl (C=O) groups is 3. The molecule has 1 heterocycles. The summed E-state index contributed by atoms with van der Waals surface area (Å²) in [7, 11) is 0. The fourth-order valence-electron chi connectivity index (χ4n) is 3.29. The Morgan fingerprint density at radius 3 is 2.05 bits per heavy atom. The molecule has 3 rings (SSSR count). The minimum Gasteiger partial charge on any atom is -0.478 e. The van der Waals surface area contributed by atoms with E-state index in [4.69, 9.17) is 5.11 Å². The third-order valence-electron chi connectivity index (χ3n) is 4.25. The number of hydrogen-bond donors (Lipinski definition) is 1. The Labute approximate surface area is 116 Å². The van der Waals surface area contributed by atoms with Gasteiger partial charge in [-0.1, -0.05) is 6.92 Å². The third kappa shape index (κ3) is 1.81. The van der Waals surface area contributed by atoms with E-state index in [1.807, 2.05) is 0 Å². The van der Waals surface area contributed by atoms with Crippen LogP contribution in [-0.2, 0) is 9.59 Å². The van der Waals surface area contributed by atoms with Gasteiger partial charge in [0, 0.05) is 0 Å². The molecule has 5 heteroatoms. The highest BCUT2D eigenvalue weighted by molar-refractivity contribution is 6.22. The Bertz CT molecular complexity index is 568. The van der Waals surface area contributed by atoms with Gasteiger partial charge < -0.3 is 5.11 Å². The minimum absolute atomic E-state index is 0.140. The van der Waals surface area contributed by atoms with Crippen LogP contribution in [0.3, 0.4) is 0 Å². The SMILES string of the molecule is CC1CC2C(=O)N(c3ccc(C(=O)O)cc3)C(=O)C2C1. The van der Waals surface area contributed by atoms with Crippen molar-refractivity contribution in [3.8, 4) is 0 Å². The van der Waals surface area contributed by atoms with Gasteiger partial charge in [-0.3, -0.25) is 14.5 Å². The lowest BCUT2D eigenvalue weighted by atomic mass is 10.00. The number of benzene rings is 1. The van der Waals surface area contributed by atoms with Crippen LogP contribution in [0.5, 0.6) is 0 Å². The van der Waals surface area contributed by atoms with Gasteiger partial charge in [0.25, 0.3) is 0 Å². The summed E-state index contributed by atoms with van der Waals surface area (Å²) in [6.45, 7) is 2.06. The number of fused-ring (bicyclic) bond motifs is 1. The van der Waals surface area contributed by atoms with Crippen molar-refractivity contribution >= 4 is 23.5 Å². The molecule has 2 fully saturated rings. The van der Waals surface area contributed by atoms with Crippen LogP contribution in [-0.4, -0.2) is 22.9 Å². The monoisotopic (exact) mass is 273 g/mol. The van der Waals surface area contributed by atoms with E-state index in [0.717, 1.165) is 12.8 Å². The topological polar surface area (TPSA) is 74.7 Å². The molecule has 1 aromatic rings. The molecule has 2 aliphatic rings. The third-order valence-corrected chi connectivity index (χ3v) is 4.25. The highest BCUT2D eigenvalue weighted by Gasteiger charge is 2.52. The molecule has 1 saturated heterocycles. The normalized spacial score (nSPS) is 28.9. The molecule has 2 atom stereocenters. The van der Waals surface area contributed by atoms with Crippen molar-refractivity contribution in [2.45, 2.75) is 19.8 Å². The van der Waals surface area contributed by atoms with Crippen molar-refractivity contribution in [3.63, 3.8) is 0 Å². The molecule has 20 heavy (non-hydrogen) atoms. The molecule has 1 N–H and O–H groups in total. The van der Waals surface area contributed by atoms with Gasteiger partial charge >= 0.3 is 5.97 Å². The number of rotatable bonds is 2. The highest BCUT2D eigenvalue weighted by Crippen LogP contribution is 2.44. The second kappa shape index (κ2) is 4.44. The van der Waals surface area contributed by atoms with Crippen LogP contribution >= 0.6 is 0 Å². The first-order valence-corrected chi connectivity index (χ1v) is 6.70. The maximum atomic E-state index is 12.4. The van der Waals surface area contributed by atoms with Gasteiger partial charge in [0.1, 0.15) is 0 Å². The molecule has 1 aliphatic carbocycles. The lowest BCUT2D eigenvalue weighted by Gasteiger charge is -2.17. The highest BCUT2D eigenvalue weighted by atomic mass is 16.4. The Balaban J connectivity index is 1.90. The van der Waals surface area contributed by atoms with Crippen LogP contribution in [0.2, 0.25) is 0 Å². The van der Waals surface area contributed by atoms with E-state index in [-0.39, 0.29) is 29.2 Å². The molecule has 0 aromatic heterocycles. The summed E-state index contributed by atoms with van der Waals surface area (Å²) < 4.78 is 0. The van der Waals surface area contributed by atoms with Crippen LogP contribution < -0.4 is 4.90 Å². The van der Waals surface area contributed by atoms with Crippen molar-refractivity contribution < 1.29 is 19.5 Å². The van der Waals surface area contributed by atoms with Crippen LogP contribution in [0.25, 0.3) is 0 Å². The Morgan fingerprint density at radius 1 is 1.10 bits per heavy atom. The number of carbonyl (C=O) groups excluding carboxylic acids is 2. The summed E-state index contributed by atoms with van der Waals surface area (Å²) in [5.74, 6) is -1.30. The van der Waals surface area contributed by atoms with Gasteiger partial charge in [-0.2, -0.15) is 0 Å². The minimum atomic E-state index is -1.03. The number of nitrogens with zero attached hydrogens (tertiary/aromatic N) is 1. The van der Waals surface area contributed by atoms with E-state index in [2.05, 4.69) is 6.92 Å². The largest absolute Gasteiger partial charge is 0.478 e. The molecule has 5 nitrogen and oxygen atoms in total. The molecule has 0 radical (unpaired) electrons. The van der Waals surface area contributed by atoms with Gasteiger partial charge in [-0.15, -0.1) is 0 Å². The average Bonchev–Trinajstić information content (AvgIpc) is 2.90. The second-order valence-electron chi connectivity index (χ2n) is 5.65. The van der Waals surface area contributed by atoms with Crippen molar-refractivity contribution in [1.82, 2.24) is 0 Å². The summed E-state index contributed by atoms with van der Waals surface area (Å²) in [5, 5.41) is 8.86. The Kier molecular flexibility index (Phi) is 2.85. The van der Waals surface area contributed by atoms with Crippen LogP contribution in [0.15, 0.2) is 24.3 Å². The smallest absolute Gasteiger partial charge is 0.335 e. The molecule has 1 aliphatic heterocycles. The van der Waals surface area contributed by atoms with Gasteiger partial charge in [0.05, 0.1) is 23.1 Å². The first-order chi connectivity index (χ1) is 9.49. The maximum absolute atomic E-state index is 12.4. The molecule has 2 amide bonds. The number of amides is 2. The lowest BCUT2D eigenvalue weighted by Crippen LogP contribution is -2.32. The fourth-order valence-corrected chi connectivity index (χ4v) is 3.29. The summed E-state index contributed by atoms with van der Waals surface area (Å²) in [5.41, 5.74) is 0.605. The number of aromatic carboxylic acids is 1. The first kappa shape index (κ1) is 12.8. The molecule has 2 unspecified atom stereocenters. The van der Waals surface area contributed by atoms with Crippen LogP contribution in [0, 0.1) is 17.8 Å². The predicted octanol–water partition coefficient (Wildman–Crippen LogP) is 1.92. The van der Waals surface area contributed by atoms with E-state index in [9.17, 15) is 14.4 Å². The van der Waals surface area contributed by atoms with Crippen LogP contribution in [0.1, 0.15) is 30.1 Å². The Morgan fingerprint density at radius 2 is 1.60 bits per heavy atom. The summed E-state index contributed by atoms with van der Waals surface area (Å²) in [4.78, 5) is 36.7. The fraction of sp³-hybridized carbons (Fsp3) is 0.400. The molecule has 1 saturated carbocycles. The van der Waals surface area contributed by atoms with Gasteiger partial charge in [0.2, 0.25) is 11.8 Å². The zero-order valence-electron chi connectivity index (χ0n) is 11.1. The molecule has 1 aromatic carbocycles. The van der Waals surface area contributed by atoms with Crippen LogP contribution in [0.4, 0.5) is 5.69 Å². The number of hydrogen-bond acceptors (Lipinski definition) is 3. The number of imide groups is 1. The van der Waals surface area contributed by atoms with E-state index >= 15 is 0 Å². The summed E-state index contributed by atoms with van der Waals surface area (Å²) in [6.07, 6.45) is 1.53. The second-order valence-corrected chi connectivity index (χ2v) is 5.65. The Hall–Kier alpha value is -2.17. The maximum Gasteiger partial charge on any atom is 0.335 e. The quantitative estimate of drug-likeness (QED) is 0.835. The van der Waals surface area contributed by atoms with Gasteiger partial charge in [-0.25, -0.2) is 4.79 Å². The van der Waals surface area contributed by atoms with Crippen molar-refractivity contribution in [1.29, 1.82) is 0 Å². The van der Waals surface area contributed by atoms with Crippen molar-refractivity contribution in [3.05, 3.63) is 29.8 Å². The lowest BCUT2D eigenvalue weighted by molar-refractivity contribution is -0.123. The van der Waals surface area contributed by atoms with Gasteiger partial charge in [0.15, 0.2) is 0 Å². The number of anilines is 1. The molecule has 0 spiro atoms. The molecular weight excluding hydrogens is 258 g/mol. The number of carboxylic acid groups (broad SMARTS) is 1. The van der Waals surface area contributed by atoms with E-state index in [0.29, 0.717) is 11.6 Å². The van der Waals surface area contributed by atoms with E-state index in [1.54, 1.807) is 0 Å². The first-order valence-electron chi connectivity index (χ1n) is 6.70. The summed E-state index contributed by atoms with van der Waals surface area (Å²) in [6, 6.07) is 5.86. The predicted molar refractivity (Wildman–Crippen MR) is 71.3 cm³/mol. The van der Waals surface area contributed by atoms with Gasteiger partial charge in [-0.05, 0) is 43.0 Å². The number of carboxylic acids is 1. The average molecular weight is 273 g/mol. The molecule has 104 valence electrons. The molecular formula is C15H15NO4. The van der Waals surface area contributed by atoms with Crippen molar-refractivity contribution in [2.24, 2.45) is 17.8 Å². The molecule has 0 bridgehead atoms. The summed E-state index contributed by atoms with van der Waals surface area (Å²) >= 11 is 0. The zero-order valence-corrected chi connectivity index (χ0v) is 11.1. The van der Waals surface area contributed by atoms with Crippen molar-refractivity contribution in [2.75, 3.05) is 4.90 Å². The zero-order chi connectivity index (χ0) is 14.4. The standard InChI is InChI=1S/C15H15NO4/c1-8-6-11-12(7-8)14(18)16(13(11)17)10-4-2-9(3-5-10)15(19)20/h2-5,8,11-12H,6-7H2,1H3,(H,19,20). The van der Waals surface area contributed by atoms with E-state index < -0.39 is 5.97 Å².